The van der Waals surface area contributed by atoms with Gasteiger partial charge in [-0.25, -0.2) is 9.59 Å². The molecule has 2 aromatic carbocycles. The molecule has 102 valence electrons. The SMILES string of the molecule is COC(=O)C=Cc1cc2ccccc2cc1C(=O)OC. The summed E-state index contributed by atoms with van der Waals surface area (Å²) in [5.41, 5.74) is 1.02. The summed E-state index contributed by atoms with van der Waals surface area (Å²) in [6.45, 7) is 0. The van der Waals surface area contributed by atoms with Crippen LogP contribution in [0.15, 0.2) is 42.5 Å². The van der Waals surface area contributed by atoms with E-state index in [-0.39, 0.29) is 0 Å². The fraction of sp³-hybridized carbons (Fsp3) is 0.125. The molecule has 0 atom stereocenters. The van der Waals surface area contributed by atoms with Gasteiger partial charge in [-0.3, -0.25) is 0 Å². The molecule has 0 aliphatic heterocycles. The monoisotopic (exact) mass is 270 g/mol. The average molecular weight is 270 g/mol. The molecular formula is C16H14O4. The van der Waals surface area contributed by atoms with Gasteiger partial charge in [0.05, 0.1) is 19.8 Å². The molecule has 0 N–H and O–H groups in total. The topological polar surface area (TPSA) is 52.6 Å². The van der Waals surface area contributed by atoms with Gasteiger partial charge in [-0.05, 0) is 34.5 Å². The molecule has 4 heteroatoms. The van der Waals surface area contributed by atoms with Gasteiger partial charge in [0.2, 0.25) is 0 Å². The van der Waals surface area contributed by atoms with Gasteiger partial charge in [0.15, 0.2) is 0 Å². The van der Waals surface area contributed by atoms with Crippen molar-refractivity contribution in [3.63, 3.8) is 0 Å². The fourth-order valence-electron chi connectivity index (χ4n) is 1.91. The highest BCUT2D eigenvalue weighted by atomic mass is 16.5. The van der Waals surface area contributed by atoms with Gasteiger partial charge in [-0.15, -0.1) is 0 Å². The van der Waals surface area contributed by atoms with Crippen LogP contribution in [0.3, 0.4) is 0 Å². The molecule has 0 aliphatic rings. The zero-order valence-corrected chi connectivity index (χ0v) is 11.3. The van der Waals surface area contributed by atoms with Crippen LogP contribution in [-0.4, -0.2) is 26.2 Å². The van der Waals surface area contributed by atoms with Crippen molar-refractivity contribution in [3.8, 4) is 0 Å². The predicted molar refractivity (Wildman–Crippen MR) is 76.3 cm³/mol. The number of fused-ring (bicyclic) bond motifs is 1. The van der Waals surface area contributed by atoms with E-state index in [0.717, 1.165) is 10.8 Å². The molecular weight excluding hydrogens is 256 g/mol. The molecule has 0 aliphatic carbocycles. The Morgan fingerprint density at radius 2 is 1.65 bits per heavy atom. The highest BCUT2D eigenvalue weighted by Gasteiger charge is 2.11. The summed E-state index contributed by atoms with van der Waals surface area (Å²) in [5, 5.41) is 1.91. The number of hydrogen-bond donors (Lipinski definition) is 0. The van der Waals surface area contributed by atoms with E-state index in [2.05, 4.69) is 4.74 Å². The summed E-state index contributed by atoms with van der Waals surface area (Å²) < 4.78 is 9.31. The molecule has 4 nitrogen and oxygen atoms in total. The first-order chi connectivity index (χ1) is 9.65. The number of carbonyl (C=O) groups is 2. The molecule has 20 heavy (non-hydrogen) atoms. The van der Waals surface area contributed by atoms with Crippen LogP contribution in [0.4, 0.5) is 0 Å². The Bertz CT molecular complexity index is 686. The van der Waals surface area contributed by atoms with Crippen LogP contribution in [0.5, 0.6) is 0 Å². The van der Waals surface area contributed by atoms with Crippen LogP contribution in [0.1, 0.15) is 15.9 Å². The van der Waals surface area contributed by atoms with Gasteiger partial charge < -0.3 is 9.47 Å². The molecule has 0 saturated heterocycles. The Morgan fingerprint density at radius 3 is 2.25 bits per heavy atom. The van der Waals surface area contributed by atoms with Crippen molar-refractivity contribution in [1.29, 1.82) is 0 Å². The predicted octanol–water partition coefficient (Wildman–Crippen LogP) is 2.81. The maximum absolute atomic E-state index is 11.8. The van der Waals surface area contributed by atoms with Crippen LogP contribution in [0.2, 0.25) is 0 Å². The van der Waals surface area contributed by atoms with E-state index in [1.54, 1.807) is 12.1 Å². The highest BCUT2D eigenvalue weighted by Crippen LogP contribution is 2.22. The molecule has 0 heterocycles. The Kier molecular flexibility index (Phi) is 4.15. The summed E-state index contributed by atoms with van der Waals surface area (Å²) in [7, 11) is 2.62. The number of ether oxygens (including phenoxy) is 2. The number of methoxy groups -OCH3 is 2. The van der Waals surface area contributed by atoms with Crippen molar-refractivity contribution < 1.29 is 19.1 Å². The molecule has 0 radical (unpaired) electrons. The number of benzene rings is 2. The summed E-state index contributed by atoms with van der Waals surface area (Å²) >= 11 is 0. The van der Waals surface area contributed by atoms with E-state index >= 15 is 0 Å². The molecule has 2 rings (SSSR count). The van der Waals surface area contributed by atoms with Gasteiger partial charge >= 0.3 is 11.9 Å². The maximum atomic E-state index is 11.8. The fourth-order valence-corrected chi connectivity index (χ4v) is 1.91. The minimum Gasteiger partial charge on any atom is -0.466 e. The largest absolute Gasteiger partial charge is 0.466 e. The summed E-state index contributed by atoms with van der Waals surface area (Å²) in [6.07, 6.45) is 2.82. The zero-order chi connectivity index (χ0) is 14.5. The number of hydrogen-bond acceptors (Lipinski definition) is 4. The smallest absolute Gasteiger partial charge is 0.338 e. The molecule has 2 aromatic rings. The normalized spacial score (nSPS) is 10.7. The van der Waals surface area contributed by atoms with Crippen LogP contribution < -0.4 is 0 Å². The van der Waals surface area contributed by atoms with Crippen LogP contribution in [0.25, 0.3) is 16.8 Å². The molecule has 0 aromatic heterocycles. The Labute approximate surface area is 116 Å². The lowest BCUT2D eigenvalue weighted by molar-refractivity contribution is -0.134. The lowest BCUT2D eigenvalue weighted by Gasteiger charge is -2.07. The Hall–Kier alpha value is -2.62. The molecule has 0 spiro atoms. The second-order valence-electron chi connectivity index (χ2n) is 4.13. The second kappa shape index (κ2) is 6.02. The van der Waals surface area contributed by atoms with E-state index in [1.807, 2.05) is 30.3 Å². The van der Waals surface area contributed by atoms with Crippen LogP contribution in [-0.2, 0) is 14.3 Å². The Balaban J connectivity index is 2.57. The van der Waals surface area contributed by atoms with Crippen molar-refractivity contribution in [2.75, 3.05) is 14.2 Å². The quantitative estimate of drug-likeness (QED) is 0.635. The van der Waals surface area contributed by atoms with E-state index in [4.69, 9.17) is 4.74 Å². The lowest BCUT2D eigenvalue weighted by atomic mass is 10.0. The minimum absolute atomic E-state index is 0.409. The van der Waals surface area contributed by atoms with Gasteiger partial charge in [-0.1, -0.05) is 24.3 Å². The minimum atomic E-state index is -0.478. The highest BCUT2D eigenvalue weighted by molar-refractivity contribution is 6.00. The summed E-state index contributed by atoms with van der Waals surface area (Å²) in [6, 6.07) is 11.2. The van der Waals surface area contributed by atoms with Crippen molar-refractivity contribution in [1.82, 2.24) is 0 Å². The number of esters is 2. The van der Waals surface area contributed by atoms with Gasteiger partial charge in [0.1, 0.15) is 0 Å². The van der Waals surface area contributed by atoms with E-state index in [0.29, 0.717) is 11.1 Å². The van der Waals surface area contributed by atoms with Gasteiger partial charge in [-0.2, -0.15) is 0 Å². The third-order valence-corrected chi connectivity index (χ3v) is 2.92. The first-order valence-electron chi connectivity index (χ1n) is 6.03. The van der Waals surface area contributed by atoms with E-state index in [9.17, 15) is 9.59 Å². The van der Waals surface area contributed by atoms with Crippen molar-refractivity contribution in [2.45, 2.75) is 0 Å². The van der Waals surface area contributed by atoms with Crippen LogP contribution >= 0.6 is 0 Å². The van der Waals surface area contributed by atoms with Crippen LogP contribution in [0, 0.1) is 0 Å². The number of rotatable bonds is 3. The second-order valence-corrected chi connectivity index (χ2v) is 4.13. The Morgan fingerprint density at radius 1 is 1.00 bits per heavy atom. The van der Waals surface area contributed by atoms with E-state index in [1.165, 1.54) is 20.3 Å². The molecule has 0 fully saturated rings. The van der Waals surface area contributed by atoms with Crippen molar-refractivity contribution in [2.24, 2.45) is 0 Å². The van der Waals surface area contributed by atoms with Crippen molar-refractivity contribution in [3.05, 3.63) is 53.6 Å². The molecule has 0 unspecified atom stereocenters. The standard InChI is InChI=1S/C16H14O4/c1-19-15(17)8-7-13-9-11-5-3-4-6-12(11)10-14(13)16(18)20-2/h3-10H,1-2H3. The van der Waals surface area contributed by atoms with E-state index < -0.39 is 11.9 Å². The third-order valence-electron chi connectivity index (χ3n) is 2.92. The van der Waals surface area contributed by atoms with Crippen molar-refractivity contribution >= 4 is 28.8 Å². The third kappa shape index (κ3) is 2.85. The first kappa shape index (κ1) is 13.8. The first-order valence-corrected chi connectivity index (χ1v) is 6.03. The van der Waals surface area contributed by atoms with Gasteiger partial charge in [0.25, 0.3) is 0 Å². The average Bonchev–Trinajstić information content (AvgIpc) is 2.50. The summed E-state index contributed by atoms with van der Waals surface area (Å²) in [5.74, 6) is -0.922. The lowest BCUT2D eigenvalue weighted by Crippen LogP contribution is -2.04. The molecule has 0 bridgehead atoms. The maximum Gasteiger partial charge on any atom is 0.338 e. The number of carbonyl (C=O) groups excluding carboxylic acids is 2. The molecule has 0 amide bonds. The summed E-state index contributed by atoms with van der Waals surface area (Å²) in [4.78, 5) is 23.0. The molecule has 0 saturated carbocycles. The van der Waals surface area contributed by atoms with Gasteiger partial charge in [0, 0.05) is 6.08 Å². The zero-order valence-electron chi connectivity index (χ0n) is 11.3.